The van der Waals surface area contributed by atoms with Gasteiger partial charge in [0.25, 0.3) is 0 Å². The Labute approximate surface area is 96.0 Å². The van der Waals surface area contributed by atoms with Crippen molar-refractivity contribution in [2.24, 2.45) is 11.1 Å². The summed E-state index contributed by atoms with van der Waals surface area (Å²) in [5, 5.41) is 3.22. The summed E-state index contributed by atoms with van der Waals surface area (Å²) in [4.78, 5) is 15.2. The Kier molecular flexibility index (Phi) is 4.06. The fourth-order valence-corrected chi connectivity index (χ4v) is 1.37. The van der Waals surface area contributed by atoms with E-state index in [-0.39, 0.29) is 5.91 Å². The van der Waals surface area contributed by atoms with E-state index in [4.69, 9.17) is 5.73 Å². The lowest BCUT2D eigenvalue weighted by atomic mass is 9.93. The molecule has 0 bridgehead atoms. The number of primary amides is 1. The molecule has 0 aromatic carbocycles. The Balaban J connectivity index is 2.44. The fraction of sp³-hybridized carbons (Fsp3) is 0.636. The number of nitrogens with two attached hydrogens (primary N) is 1. The van der Waals surface area contributed by atoms with Crippen LogP contribution in [-0.2, 0) is 17.9 Å². The quantitative estimate of drug-likeness (QED) is 0.739. The van der Waals surface area contributed by atoms with E-state index in [9.17, 15) is 4.79 Å². The molecule has 1 amide bonds. The van der Waals surface area contributed by atoms with Crippen LogP contribution in [-0.4, -0.2) is 22.0 Å². The Morgan fingerprint density at radius 1 is 1.62 bits per heavy atom. The van der Waals surface area contributed by atoms with Crippen LogP contribution in [0.3, 0.4) is 0 Å². The topological polar surface area (TPSA) is 72.9 Å². The van der Waals surface area contributed by atoms with Crippen LogP contribution in [0.15, 0.2) is 12.5 Å². The summed E-state index contributed by atoms with van der Waals surface area (Å²) in [5.41, 5.74) is 5.89. The third kappa shape index (κ3) is 3.06. The SMILES string of the molecule is CCn1cncc1CNCC(C)(C)C(N)=O. The molecule has 0 radical (unpaired) electrons. The Bertz CT molecular complexity index is 357. The van der Waals surface area contributed by atoms with Gasteiger partial charge in [0.15, 0.2) is 0 Å². The number of nitrogens with one attached hydrogen (secondary N) is 1. The Morgan fingerprint density at radius 3 is 2.88 bits per heavy atom. The van der Waals surface area contributed by atoms with Gasteiger partial charge in [-0.2, -0.15) is 0 Å². The molecule has 0 aliphatic rings. The predicted octanol–water partition coefficient (Wildman–Crippen LogP) is 0.504. The number of amides is 1. The zero-order chi connectivity index (χ0) is 12.2. The van der Waals surface area contributed by atoms with Gasteiger partial charge in [0.2, 0.25) is 5.91 Å². The molecular weight excluding hydrogens is 204 g/mol. The van der Waals surface area contributed by atoms with Gasteiger partial charge >= 0.3 is 0 Å². The third-order valence-electron chi connectivity index (χ3n) is 2.68. The molecular formula is C11H20N4O. The van der Waals surface area contributed by atoms with Gasteiger partial charge < -0.3 is 15.6 Å². The summed E-state index contributed by atoms with van der Waals surface area (Å²) >= 11 is 0. The third-order valence-corrected chi connectivity index (χ3v) is 2.68. The first-order valence-electron chi connectivity index (χ1n) is 5.47. The van der Waals surface area contributed by atoms with Crippen molar-refractivity contribution in [3.8, 4) is 0 Å². The Hall–Kier alpha value is -1.36. The van der Waals surface area contributed by atoms with Crippen LogP contribution < -0.4 is 11.1 Å². The summed E-state index contributed by atoms with van der Waals surface area (Å²) in [6.07, 6.45) is 3.63. The van der Waals surface area contributed by atoms with Crippen LogP contribution in [0.1, 0.15) is 26.5 Å². The van der Waals surface area contributed by atoms with Crippen LogP contribution >= 0.6 is 0 Å². The first kappa shape index (κ1) is 12.7. The van der Waals surface area contributed by atoms with E-state index in [1.54, 1.807) is 6.33 Å². The molecule has 1 aromatic heterocycles. The summed E-state index contributed by atoms with van der Waals surface area (Å²) < 4.78 is 2.06. The summed E-state index contributed by atoms with van der Waals surface area (Å²) in [5.74, 6) is -0.288. The number of hydrogen-bond acceptors (Lipinski definition) is 3. The lowest BCUT2D eigenvalue weighted by Gasteiger charge is -2.20. The molecule has 0 atom stereocenters. The van der Waals surface area contributed by atoms with Gasteiger partial charge in [-0.15, -0.1) is 0 Å². The van der Waals surface area contributed by atoms with Crippen LogP contribution in [0.2, 0.25) is 0 Å². The zero-order valence-electron chi connectivity index (χ0n) is 10.2. The van der Waals surface area contributed by atoms with E-state index in [0.717, 1.165) is 12.2 Å². The summed E-state index contributed by atoms with van der Waals surface area (Å²) in [6, 6.07) is 0. The van der Waals surface area contributed by atoms with Crippen LogP contribution in [0, 0.1) is 5.41 Å². The first-order valence-corrected chi connectivity index (χ1v) is 5.47. The van der Waals surface area contributed by atoms with Crippen molar-refractivity contribution in [3.05, 3.63) is 18.2 Å². The highest BCUT2D eigenvalue weighted by Gasteiger charge is 2.24. The first-order chi connectivity index (χ1) is 7.47. The average molecular weight is 224 g/mol. The second kappa shape index (κ2) is 5.12. The smallest absolute Gasteiger partial charge is 0.224 e. The molecule has 0 spiro atoms. The van der Waals surface area contributed by atoms with Crippen molar-refractivity contribution in [3.63, 3.8) is 0 Å². The molecule has 3 N–H and O–H groups in total. The minimum absolute atomic E-state index is 0.288. The van der Waals surface area contributed by atoms with Crippen molar-refractivity contribution in [2.45, 2.75) is 33.9 Å². The second-order valence-electron chi connectivity index (χ2n) is 4.52. The number of carbonyl (C=O) groups excluding carboxylic acids is 1. The monoisotopic (exact) mass is 224 g/mol. The van der Waals surface area contributed by atoms with E-state index in [0.29, 0.717) is 13.1 Å². The number of aryl methyl sites for hydroxylation is 1. The molecule has 5 nitrogen and oxygen atoms in total. The number of hydrogen-bond donors (Lipinski definition) is 2. The zero-order valence-corrected chi connectivity index (χ0v) is 10.2. The van der Waals surface area contributed by atoms with Gasteiger partial charge in [-0.25, -0.2) is 4.98 Å². The average Bonchev–Trinajstić information content (AvgIpc) is 2.64. The van der Waals surface area contributed by atoms with Gasteiger partial charge in [-0.3, -0.25) is 4.79 Å². The van der Waals surface area contributed by atoms with Gasteiger partial charge in [0.05, 0.1) is 17.4 Å². The van der Waals surface area contributed by atoms with Crippen LogP contribution in [0.25, 0.3) is 0 Å². The van der Waals surface area contributed by atoms with Gasteiger partial charge in [-0.1, -0.05) is 0 Å². The van der Waals surface area contributed by atoms with E-state index in [1.165, 1.54) is 0 Å². The van der Waals surface area contributed by atoms with Crippen LogP contribution in [0.4, 0.5) is 0 Å². The maximum absolute atomic E-state index is 11.1. The molecule has 0 unspecified atom stereocenters. The number of aromatic nitrogens is 2. The minimum Gasteiger partial charge on any atom is -0.369 e. The second-order valence-corrected chi connectivity index (χ2v) is 4.52. The predicted molar refractivity (Wildman–Crippen MR) is 62.6 cm³/mol. The van der Waals surface area contributed by atoms with E-state index in [1.807, 2.05) is 20.0 Å². The molecule has 90 valence electrons. The van der Waals surface area contributed by atoms with E-state index >= 15 is 0 Å². The van der Waals surface area contributed by atoms with Crippen molar-refractivity contribution in [1.82, 2.24) is 14.9 Å². The van der Waals surface area contributed by atoms with E-state index in [2.05, 4.69) is 21.8 Å². The molecule has 0 aliphatic heterocycles. The molecule has 0 aliphatic carbocycles. The molecule has 16 heavy (non-hydrogen) atoms. The standard InChI is InChI=1S/C11H20N4O/c1-4-15-8-14-6-9(15)5-13-7-11(2,3)10(12)16/h6,8,13H,4-5,7H2,1-3H3,(H2,12,16). The van der Waals surface area contributed by atoms with Gasteiger partial charge in [0.1, 0.15) is 0 Å². The number of nitrogens with zero attached hydrogens (tertiary/aromatic N) is 2. The molecule has 1 heterocycles. The highest BCUT2D eigenvalue weighted by molar-refractivity contribution is 5.80. The van der Waals surface area contributed by atoms with E-state index < -0.39 is 5.41 Å². The normalized spacial score (nSPS) is 11.7. The summed E-state index contributed by atoms with van der Waals surface area (Å²) in [7, 11) is 0. The highest BCUT2D eigenvalue weighted by atomic mass is 16.1. The number of carbonyl (C=O) groups is 1. The van der Waals surface area contributed by atoms with Crippen molar-refractivity contribution < 1.29 is 4.79 Å². The highest BCUT2D eigenvalue weighted by Crippen LogP contribution is 2.12. The molecule has 5 heteroatoms. The van der Waals surface area contributed by atoms with Gasteiger partial charge in [0, 0.05) is 25.8 Å². The minimum atomic E-state index is -0.517. The maximum Gasteiger partial charge on any atom is 0.224 e. The number of imidazole rings is 1. The fourth-order valence-electron chi connectivity index (χ4n) is 1.37. The molecule has 0 saturated carbocycles. The Morgan fingerprint density at radius 2 is 2.31 bits per heavy atom. The van der Waals surface area contributed by atoms with Crippen molar-refractivity contribution in [2.75, 3.05) is 6.54 Å². The van der Waals surface area contributed by atoms with Gasteiger partial charge in [-0.05, 0) is 20.8 Å². The molecule has 1 rings (SSSR count). The lowest BCUT2D eigenvalue weighted by Crippen LogP contribution is -2.40. The molecule has 0 saturated heterocycles. The molecule has 1 aromatic rings. The lowest BCUT2D eigenvalue weighted by molar-refractivity contribution is -0.125. The molecule has 0 fully saturated rings. The van der Waals surface area contributed by atoms with Crippen LogP contribution in [0.5, 0.6) is 0 Å². The van der Waals surface area contributed by atoms with Crippen molar-refractivity contribution >= 4 is 5.91 Å². The maximum atomic E-state index is 11.1. The largest absolute Gasteiger partial charge is 0.369 e. The summed E-state index contributed by atoms with van der Waals surface area (Å²) in [6.45, 7) is 7.90. The van der Waals surface area contributed by atoms with Crippen molar-refractivity contribution in [1.29, 1.82) is 0 Å². The number of rotatable bonds is 6.